The summed E-state index contributed by atoms with van der Waals surface area (Å²) in [7, 11) is 0. The fourth-order valence-electron chi connectivity index (χ4n) is 12.3. The Morgan fingerprint density at radius 3 is 1.46 bits per heavy atom. The molecule has 3 heteroatoms. The molecule has 0 saturated heterocycles. The van der Waals surface area contributed by atoms with Gasteiger partial charge >= 0.3 is 0 Å². The summed E-state index contributed by atoms with van der Waals surface area (Å²) in [4.78, 5) is 2.47. The van der Waals surface area contributed by atoms with Crippen molar-refractivity contribution in [3.8, 4) is 44.9 Å². The van der Waals surface area contributed by atoms with Crippen LogP contribution in [0.3, 0.4) is 0 Å². The zero-order chi connectivity index (χ0) is 47.7. The molecule has 12 aromatic carbocycles. The van der Waals surface area contributed by atoms with Crippen molar-refractivity contribution < 1.29 is 9.15 Å². The predicted molar refractivity (Wildman–Crippen MR) is 302 cm³/mol. The molecule has 0 N–H and O–H groups in total. The lowest BCUT2D eigenvalue weighted by atomic mass is 9.82. The Morgan fingerprint density at radius 1 is 0.306 bits per heavy atom. The number of furan rings is 1. The van der Waals surface area contributed by atoms with Crippen molar-refractivity contribution in [1.82, 2.24) is 0 Å². The number of para-hydroxylation sites is 3. The largest absolute Gasteiger partial charge is 0.456 e. The lowest BCUT2D eigenvalue weighted by Crippen LogP contribution is -2.16. The van der Waals surface area contributed by atoms with Gasteiger partial charge in [-0.2, -0.15) is 0 Å². The van der Waals surface area contributed by atoms with Crippen LogP contribution in [0.25, 0.3) is 109 Å². The Morgan fingerprint density at radius 2 is 0.750 bits per heavy atom. The normalized spacial score (nSPS) is 13.1. The van der Waals surface area contributed by atoms with Gasteiger partial charge in [0.1, 0.15) is 22.7 Å². The van der Waals surface area contributed by atoms with Gasteiger partial charge in [-0.3, -0.25) is 0 Å². The Bertz CT molecular complexity index is 4540. The van der Waals surface area contributed by atoms with Gasteiger partial charge in [0.2, 0.25) is 0 Å². The standard InChI is InChI=1S/C69H45NO2/c1-69(2)62-27-13-9-22-52(62)53-36-33-44(41-63(53)69)70(43-31-34-50-54-23-10-14-28-64(54)71-65-29-15-12-25-56(65)61(50)40-43)42-32-35-51-58-37-38-59-55-24-11-16-30-66(55)72-68(59)67(58)57-26-8-7-20-48(57)46-18-4-3-17-45(46)47-19-5-6-21-49(47)60(51)39-42/h3-41H,1-2H3. The van der Waals surface area contributed by atoms with Crippen LogP contribution in [0.4, 0.5) is 17.1 Å². The van der Waals surface area contributed by atoms with Crippen molar-refractivity contribution in [3.05, 3.63) is 248 Å². The van der Waals surface area contributed by atoms with Gasteiger partial charge in [-0.05, 0) is 143 Å². The highest BCUT2D eigenvalue weighted by Crippen LogP contribution is 2.53. The van der Waals surface area contributed by atoms with Crippen LogP contribution in [0.1, 0.15) is 25.0 Å². The van der Waals surface area contributed by atoms with Crippen LogP contribution in [-0.2, 0) is 5.41 Å². The van der Waals surface area contributed by atoms with Crippen molar-refractivity contribution in [1.29, 1.82) is 0 Å². The number of hydrogen-bond donors (Lipinski definition) is 0. The molecule has 3 nitrogen and oxygen atoms in total. The Hall–Kier alpha value is -9.18. The Kier molecular flexibility index (Phi) is 8.71. The molecule has 2 heterocycles. The number of ether oxygens (including phenoxy) is 1. The second kappa shape index (κ2) is 15.4. The maximum Gasteiger partial charge on any atom is 0.143 e. The van der Waals surface area contributed by atoms with Crippen molar-refractivity contribution in [2.75, 3.05) is 4.90 Å². The summed E-state index contributed by atoms with van der Waals surface area (Å²) in [5, 5.41) is 13.7. The third-order valence-electron chi connectivity index (χ3n) is 15.7. The van der Waals surface area contributed by atoms with Crippen LogP contribution in [0.15, 0.2) is 241 Å². The molecule has 0 saturated carbocycles. The van der Waals surface area contributed by atoms with Crippen molar-refractivity contribution in [3.63, 3.8) is 0 Å². The van der Waals surface area contributed by atoms with Crippen LogP contribution in [0.2, 0.25) is 0 Å². The smallest absolute Gasteiger partial charge is 0.143 e. The van der Waals surface area contributed by atoms with E-state index in [4.69, 9.17) is 9.15 Å². The van der Waals surface area contributed by atoms with Gasteiger partial charge in [0.15, 0.2) is 0 Å². The van der Waals surface area contributed by atoms with Crippen LogP contribution >= 0.6 is 0 Å². The third-order valence-corrected chi connectivity index (χ3v) is 15.7. The van der Waals surface area contributed by atoms with Crippen LogP contribution < -0.4 is 9.64 Å². The molecule has 0 spiro atoms. The number of nitrogens with zero attached hydrogens (tertiary/aromatic N) is 1. The van der Waals surface area contributed by atoms with E-state index in [1.807, 2.05) is 6.07 Å². The number of fused-ring (bicyclic) bond motifs is 22. The highest BCUT2D eigenvalue weighted by molar-refractivity contribution is 6.31. The van der Waals surface area contributed by atoms with Gasteiger partial charge in [0.05, 0.1) is 0 Å². The molecule has 0 radical (unpaired) electrons. The first-order chi connectivity index (χ1) is 35.5. The SMILES string of the molecule is CC1(C)c2ccccc2-c2ccc(N(c3ccc4c(c3)-c3ccccc3Oc3ccccc3-4)c3ccc4c(c3)c3ccccc3c3ccccc3c3ccccc3c3c4ccc4c5ccccc5oc43)cc21. The third kappa shape index (κ3) is 5.91. The number of benzene rings is 11. The minimum Gasteiger partial charge on any atom is -0.456 e. The lowest BCUT2D eigenvalue weighted by Gasteiger charge is -2.29. The molecule has 1 aliphatic carbocycles. The van der Waals surface area contributed by atoms with E-state index in [1.54, 1.807) is 0 Å². The number of rotatable bonds is 3. The molecule has 338 valence electrons. The number of anilines is 3. The van der Waals surface area contributed by atoms with E-state index < -0.39 is 0 Å². The molecule has 0 amide bonds. The highest BCUT2D eigenvalue weighted by Gasteiger charge is 2.36. The van der Waals surface area contributed by atoms with Gasteiger partial charge in [0.25, 0.3) is 0 Å². The van der Waals surface area contributed by atoms with Gasteiger partial charge in [0, 0.05) is 49.8 Å². The average molecular weight is 920 g/mol. The minimum absolute atomic E-state index is 0.196. The van der Waals surface area contributed by atoms with E-state index in [0.29, 0.717) is 0 Å². The Labute approximate surface area is 416 Å². The first kappa shape index (κ1) is 40.7. The highest BCUT2D eigenvalue weighted by atomic mass is 16.5. The van der Waals surface area contributed by atoms with Crippen molar-refractivity contribution >= 4 is 92.9 Å². The van der Waals surface area contributed by atoms with Crippen molar-refractivity contribution in [2.24, 2.45) is 0 Å². The summed E-state index contributed by atoms with van der Waals surface area (Å²) in [6.45, 7) is 4.73. The monoisotopic (exact) mass is 919 g/mol. The molecule has 1 aromatic heterocycles. The quantitative estimate of drug-likeness (QED) is 0.177. The van der Waals surface area contributed by atoms with Gasteiger partial charge in [-0.15, -0.1) is 0 Å². The second-order valence-electron chi connectivity index (χ2n) is 19.9. The molecule has 0 bridgehead atoms. The van der Waals surface area contributed by atoms with Gasteiger partial charge < -0.3 is 14.1 Å². The predicted octanol–water partition coefficient (Wildman–Crippen LogP) is 19.7. The van der Waals surface area contributed by atoms with Crippen LogP contribution in [0.5, 0.6) is 11.5 Å². The molecular formula is C69H45NO2. The van der Waals surface area contributed by atoms with E-state index in [0.717, 1.165) is 105 Å². The van der Waals surface area contributed by atoms with E-state index >= 15 is 0 Å². The van der Waals surface area contributed by atoms with Gasteiger partial charge in [-0.1, -0.05) is 190 Å². The van der Waals surface area contributed by atoms with Crippen LogP contribution in [-0.4, -0.2) is 0 Å². The summed E-state index contributed by atoms with van der Waals surface area (Å²) in [6.07, 6.45) is 0. The van der Waals surface area contributed by atoms with E-state index in [2.05, 4.69) is 249 Å². The summed E-state index contributed by atoms with van der Waals surface area (Å²) in [5.41, 5.74) is 14.4. The zero-order valence-corrected chi connectivity index (χ0v) is 39.8. The summed E-state index contributed by atoms with van der Waals surface area (Å²) >= 11 is 0. The average Bonchev–Trinajstić information content (AvgIpc) is 3.87. The molecule has 0 atom stereocenters. The summed E-state index contributed by atoms with van der Waals surface area (Å²) < 4.78 is 13.7. The molecule has 1 aliphatic heterocycles. The molecule has 2 aliphatic rings. The maximum absolute atomic E-state index is 6.99. The van der Waals surface area contributed by atoms with E-state index in [9.17, 15) is 0 Å². The fourth-order valence-corrected chi connectivity index (χ4v) is 12.3. The molecule has 0 unspecified atom stereocenters. The first-order valence-electron chi connectivity index (χ1n) is 24.9. The fraction of sp³-hybridized carbons (Fsp3) is 0.0435. The molecule has 13 aromatic rings. The summed E-state index contributed by atoms with van der Waals surface area (Å²) in [5.74, 6) is 1.69. The minimum atomic E-state index is -0.196. The zero-order valence-electron chi connectivity index (χ0n) is 39.8. The Balaban J connectivity index is 1.08. The summed E-state index contributed by atoms with van der Waals surface area (Å²) in [6, 6.07) is 86.6. The first-order valence-corrected chi connectivity index (χ1v) is 24.9. The van der Waals surface area contributed by atoms with E-state index in [-0.39, 0.29) is 5.41 Å². The van der Waals surface area contributed by atoms with E-state index in [1.165, 1.54) is 43.8 Å². The number of hydrogen-bond acceptors (Lipinski definition) is 3. The van der Waals surface area contributed by atoms with Gasteiger partial charge in [-0.25, -0.2) is 0 Å². The lowest BCUT2D eigenvalue weighted by molar-refractivity contribution is 0.488. The second-order valence-corrected chi connectivity index (χ2v) is 19.9. The van der Waals surface area contributed by atoms with Crippen LogP contribution in [0, 0.1) is 0 Å². The van der Waals surface area contributed by atoms with Crippen molar-refractivity contribution in [2.45, 2.75) is 19.3 Å². The molecule has 72 heavy (non-hydrogen) atoms. The molecular weight excluding hydrogens is 875 g/mol. The maximum atomic E-state index is 6.99. The molecule has 0 fully saturated rings. The topological polar surface area (TPSA) is 25.6 Å². The molecule has 15 rings (SSSR count).